The van der Waals surface area contributed by atoms with Crippen LogP contribution in [0.4, 0.5) is 0 Å². The molecule has 0 bridgehead atoms. The average Bonchev–Trinajstić information content (AvgIpc) is 1.99. The highest BCUT2D eigenvalue weighted by Gasteiger charge is 1.98. The zero-order valence-corrected chi connectivity index (χ0v) is 8.01. The first-order chi connectivity index (χ1) is 5.11. The lowest BCUT2D eigenvalue weighted by atomic mass is 10.1. The van der Waals surface area contributed by atoms with Gasteiger partial charge in [0, 0.05) is 5.71 Å². The van der Waals surface area contributed by atoms with Gasteiger partial charge in [-0.1, -0.05) is 13.8 Å². The Morgan fingerprint density at radius 1 is 1.45 bits per heavy atom. The van der Waals surface area contributed by atoms with Crippen LogP contribution in [0.25, 0.3) is 0 Å². The molecule has 0 N–H and O–H groups in total. The molecule has 0 aromatic heterocycles. The number of hydrogen-bond acceptors (Lipinski definition) is 2. The fraction of sp³-hybridized carbons (Fsp3) is 0.667. The quantitative estimate of drug-likeness (QED) is 0.453. The molecular weight excluding hydrogens is 138 g/mol. The first-order valence-electron chi connectivity index (χ1n) is 3.87. The van der Waals surface area contributed by atoms with Gasteiger partial charge in [-0.25, -0.2) is 4.99 Å². The summed E-state index contributed by atoms with van der Waals surface area (Å²) in [5, 5.41) is 0. The van der Waals surface area contributed by atoms with Crippen LogP contribution in [-0.2, 0) is 4.74 Å². The fourth-order valence-electron chi connectivity index (χ4n) is 0.531. The van der Waals surface area contributed by atoms with Crippen molar-refractivity contribution < 1.29 is 4.74 Å². The summed E-state index contributed by atoms with van der Waals surface area (Å²) in [7, 11) is 1.63. The number of ether oxygens (including phenoxy) is 1. The maximum Gasteiger partial charge on any atom is 0.208 e. The Balaban J connectivity index is 4.28. The molecule has 0 unspecified atom stereocenters. The van der Waals surface area contributed by atoms with E-state index in [-0.39, 0.29) is 0 Å². The van der Waals surface area contributed by atoms with Gasteiger partial charge in [0.15, 0.2) is 0 Å². The van der Waals surface area contributed by atoms with Gasteiger partial charge in [-0.2, -0.15) is 0 Å². The number of rotatable bonds is 3. The molecule has 11 heavy (non-hydrogen) atoms. The molecule has 0 radical (unpaired) electrons. The van der Waals surface area contributed by atoms with E-state index < -0.39 is 0 Å². The molecule has 0 amide bonds. The molecule has 0 aliphatic heterocycles. The summed E-state index contributed by atoms with van der Waals surface area (Å²) in [6.45, 7) is 8.15. The number of allylic oxidation sites excluding steroid dienone is 1. The summed E-state index contributed by atoms with van der Waals surface area (Å²) in [5.74, 6) is 1.18. The first-order valence-corrected chi connectivity index (χ1v) is 3.87. The lowest BCUT2D eigenvalue weighted by molar-refractivity contribution is 0.287. The molecule has 0 spiro atoms. The molecule has 64 valence electrons. The Morgan fingerprint density at radius 3 is 2.27 bits per heavy atom. The van der Waals surface area contributed by atoms with Crippen molar-refractivity contribution in [2.45, 2.75) is 27.7 Å². The van der Waals surface area contributed by atoms with E-state index in [1.165, 1.54) is 0 Å². The fourth-order valence-corrected chi connectivity index (χ4v) is 0.531. The number of hydrogen-bond donors (Lipinski definition) is 0. The normalized spacial score (nSPS) is 14.0. The molecule has 0 aromatic rings. The highest BCUT2D eigenvalue weighted by molar-refractivity contribution is 5.84. The van der Waals surface area contributed by atoms with Gasteiger partial charge >= 0.3 is 0 Å². The minimum absolute atomic E-state index is 0.486. The molecule has 0 aliphatic carbocycles. The van der Waals surface area contributed by atoms with Crippen LogP contribution in [0.15, 0.2) is 17.0 Å². The summed E-state index contributed by atoms with van der Waals surface area (Å²) < 4.78 is 4.99. The summed E-state index contributed by atoms with van der Waals surface area (Å²) >= 11 is 0. The Labute approximate surface area is 69.0 Å². The van der Waals surface area contributed by atoms with E-state index in [4.69, 9.17) is 4.74 Å². The van der Waals surface area contributed by atoms with E-state index in [1.807, 2.05) is 19.9 Å². The highest BCUT2D eigenvalue weighted by Crippen LogP contribution is 2.03. The zero-order valence-electron chi connectivity index (χ0n) is 8.01. The molecule has 0 fully saturated rings. The summed E-state index contributed by atoms with van der Waals surface area (Å²) in [4.78, 5) is 4.27. The summed E-state index contributed by atoms with van der Waals surface area (Å²) in [6, 6.07) is 0. The smallest absolute Gasteiger partial charge is 0.208 e. The van der Waals surface area contributed by atoms with Crippen molar-refractivity contribution in [2.24, 2.45) is 10.9 Å². The van der Waals surface area contributed by atoms with E-state index in [2.05, 4.69) is 18.8 Å². The second-order valence-corrected chi connectivity index (χ2v) is 2.74. The van der Waals surface area contributed by atoms with Crippen LogP contribution in [0, 0.1) is 5.92 Å². The molecule has 0 aromatic carbocycles. The minimum atomic E-state index is 0.486. The maximum atomic E-state index is 4.99. The van der Waals surface area contributed by atoms with Gasteiger partial charge in [0.2, 0.25) is 5.88 Å². The molecule has 0 saturated carbocycles. The van der Waals surface area contributed by atoms with Crippen LogP contribution in [0.2, 0.25) is 0 Å². The standard InChI is InChI=1S/C9H17NO/c1-6-9(11-5)10-8(4)7(2)3/h6-7H,1-5H3/b9-6+,10-8+. The first kappa shape index (κ1) is 10.2. The van der Waals surface area contributed by atoms with Gasteiger partial charge in [-0.15, -0.1) is 0 Å². The Kier molecular flexibility index (Phi) is 4.59. The monoisotopic (exact) mass is 155 g/mol. The number of aliphatic imine (C=N–C) groups is 1. The lowest BCUT2D eigenvalue weighted by Crippen LogP contribution is -2.02. The molecule has 2 nitrogen and oxygen atoms in total. The molecule has 0 saturated heterocycles. The second kappa shape index (κ2) is 4.94. The Morgan fingerprint density at radius 2 is 2.00 bits per heavy atom. The van der Waals surface area contributed by atoms with E-state index in [0.29, 0.717) is 11.8 Å². The van der Waals surface area contributed by atoms with Crippen molar-refractivity contribution >= 4 is 5.71 Å². The molecule has 2 heteroatoms. The highest BCUT2D eigenvalue weighted by atomic mass is 16.5. The summed E-state index contributed by atoms with van der Waals surface area (Å²) in [6.07, 6.45) is 1.85. The van der Waals surface area contributed by atoms with Crippen molar-refractivity contribution in [2.75, 3.05) is 7.11 Å². The Hall–Kier alpha value is -0.790. The molecule has 0 aliphatic rings. The number of nitrogens with zero attached hydrogens (tertiary/aromatic N) is 1. The van der Waals surface area contributed by atoms with E-state index in [1.54, 1.807) is 7.11 Å². The van der Waals surface area contributed by atoms with Crippen LogP contribution >= 0.6 is 0 Å². The van der Waals surface area contributed by atoms with Crippen molar-refractivity contribution in [3.8, 4) is 0 Å². The third kappa shape index (κ3) is 3.81. The maximum absolute atomic E-state index is 4.99. The number of methoxy groups -OCH3 is 1. The predicted molar refractivity (Wildman–Crippen MR) is 48.7 cm³/mol. The van der Waals surface area contributed by atoms with Gasteiger partial charge < -0.3 is 4.74 Å². The average molecular weight is 155 g/mol. The van der Waals surface area contributed by atoms with E-state index in [9.17, 15) is 0 Å². The van der Waals surface area contributed by atoms with Gasteiger partial charge in [-0.05, 0) is 25.8 Å². The van der Waals surface area contributed by atoms with Crippen LogP contribution in [0.1, 0.15) is 27.7 Å². The third-order valence-electron chi connectivity index (χ3n) is 1.58. The molecule has 0 atom stereocenters. The molecular formula is C9H17NO. The predicted octanol–water partition coefficient (Wildman–Crippen LogP) is 2.61. The van der Waals surface area contributed by atoms with E-state index in [0.717, 1.165) is 5.71 Å². The van der Waals surface area contributed by atoms with Crippen molar-refractivity contribution in [3.63, 3.8) is 0 Å². The Bertz CT molecular complexity index is 168. The van der Waals surface area contributed by atoms with Crippen molar-refractivity contribution in [3.05, 3.63) is 12.0 Å². The lowest BCUT2D eigenvalue weighted by Gasteiger charge is -2.04. The van der Waals surface area contributed by atoms with Crippen LogP contribution in [0.5, 0.6) is 0 Å². The van der Waals surface area contributed by atoms with Gasteiger partial charge in [0.25, 0.3) is 0 Å². The third-order valence-corrected chi connectivity index (χ3v) is 1.58. The van der Waals surface area contributed by atoms with Crippen LogP contribution in [-0.4, -0.2) is 12.8 Å². The summed E-state index contributed by atoms with van der Waals surface area (Å²) in [5.41, 5.74) is 1.10. The van der Waals surface area contributed by atoms with Crippen LogP contribution < -0.4 is 0 Å². The van der Waals surface area contributed by atoms with Gasteiger partial charge in [0.1, 0.15) is 0 Å². The van der Waals surface area contributed by atoms with Crippen LogP contribution in [0.3, 0.4) is 0 Å². The largest absolute Gasteiger partial charge is 0.481 e. The van der Waals surface area contributed by atoms with Gasteiger partial charge in [-0.3, -0.25) is 0 Å². The zero-order chi connectivity index (χ0) is 8.85. The van der Waals surface area contributed by atoms with Crippen molar-refractivity contribution in [1.82, 2.24) is 0 Å². The minimum Gasteiger partial charge on any atom is -0.481 e. The topological polar surface area (TPSA) is 21.6 Å². The van der Waals surface area contributed by atoms with Gasteiger partial charge in [0.05, 0.1) is 7.11 Å². The molecule has 0 heterocycles. The second-order valence-electron chi connectivity index (χ2n) is 2.74. The molecule has 0 rings (SSSR count). The SMILES string of the molecule is C/C=C(\N=C(/C)C(C)C)OC. The van der Waals surface area contributed by atoms with Crippen molar-refractivity contribution in [1.29, 1.82) is 0 Å². The van der Waals surface area contributed by atoms with E-state index >= 15 is 0 Å².